The minimum absolute atomic E-state index is 0.530. The van der Waals surface area contributed by atoms with Gasteiger partial charge in [0.2, 0.25) is 0 Å². The van der Waals surface area contributed by atoms with Gasteiger partial charge in [-0.15, -0.1) is 0 Å². The zero-order chi connectivity index (χ0) is 10.1. The normalized spacial score (nSPS) is 12.2. The summed E-state index contributed by atoms with van der Waals surface area (Å²) >= 11 is 4.86. The van der Waals surface area contributed by atoms with Crippen LogP contribution in [0.2, 0.25) is 0 Å². The molecule has 0 bridgehead atoms. The lowest BCUT2D eigenvalue weighted by Gasteiger charge is -2.13. The predicted molar refractivity (Wildman–Crippen MR) is 61.2 cm³/mol. The van der Waals surface area contributed by atoms with Gasteiger partial charge in [-0.25, -0.2) is 5.84 Å². The Balaban J connectivity index is 3.29. The molecule has 0 aromatic carbocycles. The molecule has 0 radical (unpaired) electrons. The van der Waals surface area contributed by atoms with Crippen molar-refractivity contribution in [1.29, 1.82) is 0 Å². The first-order valence-corrected chi connectivity index (χ1v) is 5.36. The van der Waals surface area contributed by atoms with Crippen LogP contribution in [0.25, 0.3) is 0 Å². The van der Waals surface area contributed by atoms with Crippen molar-refractivity contribution in [2.75, 3.05) is 6.54 Å². The molecular formula is C9H21N3S. The van der Waals surface area contributed by atoms with Crippen LogP contribution in [-0.2, 0) is 0 Å². The maximum atomic E-state index is 5.13. The molecule has 3 nitrogen and oxygen atoms in total. The Hall–Kier alpha value is -0.350. The number of hydrogen-bond acceptors (Lipinski definition) is 2. The van der Waals surface area contributed by atoms with Gasteiger partial charge >= 0.3 is 0 Å². The van der Waals surface area contributed by atoms with Crippen molar-refractivity contribution in [1.82, 2.24) is 10.7 Å². The second-order valence-electron chi connectivity index (χ2n) is 3.46. The van der Waals surface area contributed by atoms with E-state index in [2.05, 4.69) is 24.6 Å². The molecule has 0 aliphatic rings. The van der Waals surface area contributed by atoms with Crippen molar-refractivity contribution in [2.24, 2.45) is 11.8 Å². The summed E-state index contributed by atoms with van der Waals surface area (Å²) in [5.41, 5.74) is 2.41. The molecule has 0 aromatic rings. The highest BCUT2D eigenvalue weighted by Crippen LogP contribution is 2.07. The maximum Gasteiger partial charge on any atom is 0.180 e. The van der Waals surface area contributed by atoms with Gasteiger partial charge in [0.05, 0.1) is 0 Å². The van der Waals surface area contributed by atoms with Gasteiger partial charge in [0.15, 0.2) is 5.11 Å². The number of hydrazine groups is 1. The zero-order valence-corrected chi connectivity index (χ0v) is 9.41. The third kappa shape index (κ3) is 7.99. The van der Waals surface area contributed by atoms with Crippen LogP contribution in [0, 0.1) is 5.92 Å². The first kappa shape index (κ1) is 12.7. The van der Waals surface area contributed by atoms with E-state index < -0.39 is 0 Å². The highest BCUT2D eigenvalue weighted by Gasteiger charge is 2.01. The van der Waals surface area contributed by atoms with Crippen LogP contribution in [0.15, 0.2) is 0 Å². The molecule has 0 spiro atoms. The molecule has 0 saturated carbocycles. The van der Waals surface area contributed by atoms with Gasteiger partial charge in [-0.05, 0) is 24.6 Å². The highest BCUT2D eigenvalue weighted by atomic mass is 32.1. The van der Waals surface area contributed by atoms with E-state index in [9.17, 15) is 0 Å². The predicted octanol–water partition coefficient (Wildman–Crippen LogP) is 1.54. The van der Waals surface area contributed by atoms with Crippen molar-refractivity contribution in [3.63, 3.8) is 0 Å². The fourth-order valence-electron chi connectivity index (χ4n) is 1.16. The van der Waals surface area contributed by atoms with Crippen LogP contribution in [-0.4, -0.2) is 11.7 Å². The van der Waals surface area contributed by atoms with E-state index in [1.807, 2.05) is 0 Å². The summed E-state index contributed by atoms with van der Waals surface area (Å²) in [6.45, 7) is 5.35. The lowest BCUT2D eigenvalue weighted by atomic mass is 10.0. The standard InChI is InChI=1S/C9H21N3S/c1-3-4-5-6-8(2)7-11-9(13)12-10/h8H,3-7,10H2,1-2H3,(H2,11,12,13). The van der Waals surface area contributed by atoms with Crippen LogP contribution in [0.1, 0.15) is 39.5 Å². The molecule has 0 heterocycles. The SMILES string of the molecule is CCCCCC(C)CNC(=S)NN. The number of nitrogens with one attached hydrogen (secondary N) is 2. The first-order chi connectivity index (χ1) is 6.20. The summed E-state index contributed by atoms with van der Waals surface area (Å²) in [5.74, 6) is 5.79. The molecule has 0 aliphatic heterocycles. The lowest BCUT2D eigenvalue weighted by molar-refractivity contribution is 0.487. The number of unbranched alkanes of at least 4 members (excludes halogenated alkanes) is 2. The van der Waals surface area contributed by atoms with Crippen LogP contribution in [0.3, 0.4) is 0 Å². The molecule has 1 atom stereocenters. The zero-order valence-electron chi connectivity index (χ0n) is 8.60. The number of hydrogen-bond donors (Lipinski definition) is 3. The van der Waals surface area contributed by atoms with E-state index >= 15 is 0 Å². The molecule has 4 heteroatoms. The van der Waals surface area contributed by atoms with Crippen molar-refractivity contribution >= 4 is 17.3 Å². The monoisotopic (exact) mass is 203 g/mol. The van der Waals surface area contributed by atoms with Crippen LogP contribution < -0.4 is 16.6 Å². The van der Waals surface area contributed by atoms with Gasteiger partial charge in [0.1, 0.15) is 0 Å². The average Bonchev–Trinajstić information content (AvgIpc) is 2.14. The minimum atomic E-state index is 0.530. The van der Waals surface area contributed by atoms with Crippen LogP contribution >= 0.6 is 12.2 Å². The third-order valence-corrected chi connectivity index (χ3v) is 2.30. The lowest BCUT2D eigenvalue weighted by Crippen LogP contribution is -2.41. The topological polar surface area (TPSA) is 50.1 Å². The van der Waals surface area contributed by atoms with Crippen molar-refractivity contribution in [3.8, 4) is 0 Å². The van der Waals surface area contributed by atoms with Crippen molar-refractivity contribution in [3.05, 3.63) is 0 Å². The van der Waals surface area contributed by atoms with Gasteiger partial charge in [-0.2, -0.15) is 0 Å². The molecule has 0 rings (SSSR count). The third-order valence-electron chi connectivity index (χ3n) is 2.04. The Morgan fingerprint density at radius 2 is 2.15 bits per heavy atom. The summed E-state index contributed by atoms with van der Waals surface area (Å²) in [4.78, 5) is 0. The quantitative estimate of drug-likeness (QED) is 0.265. The van der Waals surface area contributed by atoms with Crippen LogP contribution in [0.4, 0.5) is 0 Å². The summed E-state index contributed by atoms with van der Waals surface area (Å²) in [6, 6.07) is 0. The number of nitrogens with two attached hydrogens (primary N) is 1. The molecule has 0 saturated heterocycles. The number of thiocarbonyl (C=S) groups is 1. The molecular weight excluding hydrogens is 182 g/mol. The van der Waals surface area contributed by atoms with E-state index in [0.29, 0.717) is 11.0 Å². The molecule has 0 amide bonds. The second-order valence-corrected chi connectivity index (χ2v) is 3.86. The van der Waals surface area contributed by atoms with E-state index in [-0.39, 0.29) is 0 Å². The first-order valence-electron chi connectivity index (χ1n) is 4.95. The van der Waals surface area contributed by atoms with Gasteiger partial charge in [-0.1, -0.05) is 33.1 Å². The molecule has 4 N–H and O–H groups in total. The van der Waals surface area contributed by atoms with Gasteiger partial charge in [0, 0.05) is 6.54 Å². The smallest absolute Gasteiger partial charge is 0.180 e. The van der Waals surface area contributed by atoms with E-state index in [1.54, 1.807) is 0 Å². The highest BCUT2D eigenvalue weighted by molar-refractivity contribution is 7.80. The second kappa shape index (κ2) is 8.26. The van der Waals surface area contributed by atoms with Gasteiger partial charge in [0.25, 0.3) is 0 Å². The van der Waals surface area contributed by atoms with Gasteiger partial charge < -0.3 is 10.7 Å². The maximum absolute atomic E-state index is 5.13. The molecule has 1 unspecified atom stereocenters. The van der Waals surface area contributed by atoms with E-state index in [0.717, 1.165) is 6.54 Å². The Morgan fingerprint density at radius 3 is 2.69 bits per heavy atom. The summed E-state index contributed by atoms with van der Waals surface area (Å²) in [6.07, 6.45) is 5.17. The molecule has 13 heavy (non-hydrogen) atoms. The Bertz CT molecular complexity index is 139. The fraction of sp³-hybridized carbons (Fsp3) is 0.889. The average molecular weight is 203 g/mol. The molecule has 0 aliphatic carbocycles. The minimum Gasteiger partial charge on any atom is -0.361 e. The summed E-state index contributed by atoms with van der Waals surface area (Å²) < 4.78 is 0. The molecule has 78 valence electrons. The van der Waals surface area contributed by atoms with Gasteiger partial charge in [-0.3, -0.25) is 0 Å². The summed E-state index contributed by atoms with van der Waals surface area (Å²) in [7, 11) is 0. The van der Waals surface area contributed by atoms with Crippen molar-refractivity contribution < 1.29 is 0 Å². The molecule has 0 aromatic heterocycles. The van der Waals surface area contributed by atoms with Crippen LogP contribution in [0.5, 0.6) is 0 Å². The van der Waals surface area contributed by atoms with E-state index in [4.69, 9.17) is 18.1 Å². The largest absolute Gasteiger partial charge is 0.361 e. The Labute approximate surface area is 86.4 Å². The summed E-state index contributed by atoms with van der Waals surface area (Å²) in [5, 5.41) is 3.58. The molecule has 0 fully saturated rings. The van der Waals surface area contributed by atoms with E-state index in [1.165, 1.54) is 25.7 Å². The Kier molecular flexibility index (Phi) is 8.04. The fourth-order valence-corrected chi connectivity index (χ4v) is 1.25. The Morgan fingerprint density at radius 1 is 1.46 bits per heavy atom. The van der Waals surface area contributed by atoms with Crippen molar-refractivity contribution in [2.45, 2.75) is 39.5 Å². The number of rotatable bonds is 6.